The van der Waals surface area contributed by atoms with Gasteiger partial charge in [-0.15, -0.1) is 0 Å². The van der Waals surface area contributed by atoms with Gasteiger partial charge in [-0.3, -0.25) is 0 Å². The topological polar surface area (TPSA) is 62.4 Å². The SMILES string of the molecule is c1ccc(-n2c3ccccc3c3oc4ccc(-c5ccc6c(c5)oc5ccc7ccccc7c56)cc4c32)cc1.c1ccc(-n2c3ccccc3c3oc4cccc(-c5ccc6c(c5)oc5ccc7ccccc7c56)c4c32)cc1. The van der Waals surface area contributed by atoms with Gasteiger partial charge in [0.05, 0.1) is 16.4 Å². The fourth-order valence-corrected chi connectivity index (χ4v) is 12.5. The first-order valence-corrected chi connectivity index (χ1v) is 26.4. The van der Waals surface area contributed by atoms with Gasteiger partial charge in [0.1, 0.15) is 44.5 Å². The van der Waals surface area contributed by atoms with E-state index in [4.69, 9.17) is 17.7 Å². The van der Waals surface area contributed by atoms with Gasteiger partial charge in [-0.05, 0) is 147 Å². The van der Waals surface area contributed by atoms with Crippen molar-refractivity contribution >= 4 is 131 Å². The summed E-state index contributed by atoms with van der Waals surface area (Å²) < 4.78 is 30.5. The molecule has 0 atom stereocenters. The lowest BCUT2D eigenvalue weighted by atomic mass is 9.98. The lowest BCUT2D eigenvalue weighted by Crippen LogP contribution is -1.93. The van der Waals surface area contributed by atoms with Gasteiger partial charge in [0.15, 0.2) is 11.2 Å². The van der Waals surface area contributed by atoms with Crippen LogP contribution in [-0.2, 0) is 0 Å². The molecule has 6 heterocycles. The highest BCUT2D eigenvalue weighted by Gasteiger charge is 2.24. The van der Waals surface area contributed by atoms with Crippen LogP contribution in [0.25, 0.3) is 165 Å². The van der Waals surface area contributed by atoms with E-state index in [9.17, 15) is 0 Å². The molecule has 0 spiro atoms. The molecular formula is C72H42N2O4. The van der Waals surface area contributed by atoms with E-state index in [-0.39, 0.29) is 0 Å². The van der Waals surface area contributed by atoms with Gasteiger partial charge in [-0.1, -0.05) is 152 Å². The Balaban J connectivity index is 0.000000126. The molecule has 6 aromatic heterocycles. The van der Waals surface area contributed by atoms with Crippen LogP contribution in [0.4, 0.5) is 0 Å². The highest BCUT2D eigenvalue weighted by Crippen LogP contribution is 2.46. The number of benzene rings is 12. The van der Waals surface area contributed by atoms with E-state index in [1.807, 2.05) is 0 Å². The van der Waals surface area contributed by atoms with Crippen LogP contribution >= 0.6 is 0 Å². The van der Waals surface area contributed by atoms with E-state index in [0.29, 0.717) is 0 Å². The van der Waals surface area contributed by atoms with Crippen molar-refractivity contribution in [2.75, 3.05) is 0 Å². The van der Waals surface area contributed by atoms with Gasteiger partial charge in [0.2, 0.25) is 0 Å². The first-order valence-electron chi connectivity index (χ1n) is 26.4. The number of hydrogen-bond acceptors (Lipinski definition) is 4. The van der Waals surface area contributed by atoms with Crippen molar-refractivity contribution in [3.8, 4) is 33.6 Å². The van der Waals surface area contributed by atoms with E-state index in [2.05, 4.69) is 264 Å². The van der Waals surface area contributed by atoms with Crippen molar-refractivity contribution in [3.05, 3.63) is 255 Å². The van der Waals surface area contributed by atoms with Gasteiger partial charge in [-0.25, -0.2) is 0 Å². The third-order valence-electron chi connectivity index (χ3n) is 16.0. The zero-order chi connectivity index (χ0) is 51.0. The molecule has 0 fully saturated rings. The average Bonchev–Trinajstić information content (AvgIpc) is 4.48. The minimum Gasteiger partial charge on any atom is -0.456 e. The summed E-state index contributed by atoms with van der Waals surface area (Å²) in [5.41, 5.74) is 18.4. The van der Waals surface area contributed by atoms with Crippen LogP contribution in [-0.4, -0.2) is 9.13 Å². The summed E-state index contributed by atoms with van der Waals surface area (Å²) in [5, 5.41) is 13.9. The Morgan fingerprint density at radius 3 is 1.33 bits per heavy atom. The molecule has 0 aliphatic rings. The Morgan fingerprint density at radius 2 is 0.705 bits per heavy atom. The molecule has 0 saturated carbocycles. The lowest BCUT2D eigenvalue weighted by molar-refractivity contribution is 0.669. The second-order valence-corrected chi connectivity index (χ2v) is 20.3. The predicted molar refractivity (Wildman–Crippen MR) is 322 cm³/mol. The molecule has 0 aliphatic carbocycles. The maximum Gasteiger partial charge on any atom is 0.161 e. The number of rotatable bonds is 4. The van der Waals surface area contributed by atoms with Gasteiger partial charge in [-0.2, -0.15) is 0 Å². The summed E-state index contributed by atoms with van der Waals surface area (Å²) in [4.78, 5) is 0. The first-order chi connectivity index (χ1) is 38.7. The van der Waals surface area contributed by atoms with Crippen LogP contribution in [0.5, 0.6) is 0 Å². The molecule has 0 amide bonds. The Kier molecular flexibility index (Phi) is 9.03. The van der Waals surface area contributed by atoms with Gasteiger partial charge in [0.25, 0.3) is 0 Å². The van der Waals surface area contributed by atoms with Crippen molar-refractivity contribution in [1.29, 1.82) is 0 Å². The molecule has 0 saturated heterocycles. The highest BCUT2D eigenvalue weighted by molar-refractivity contribution is 6.23. The van der Waals surface area contributed by atoms with Crippen molar-refractivity contribution < 1.29 is 17.7 Å². The molecule has 6 nitrogen and oxygen atoms in total. The maximum absolute atomic E-state index is 6.57. The molecule has 364 valence electrons. The summed E-state index contributed by atoms with van der Waals surface area (Å²) in [5.74, 6) is 0. The minimum absolute atomic E-state index is 0.878. The number of nitrogens with zero attached hydrogens (tertiary/aromatic N) is 2. The first kappa shape index (κ1) is 42.8. The third kappa shape index (κ3) is 6.25. The van der Waals surface area contributed by atoms with Crippen LogP contribution < -0.4 is 0 Å². The standard InChI is InChI=1S/2C36H21NO2/c1-2-10-24(11-3-1)37-29-15-7-6-13-27(29)36-35(37)34-26(14-8-16-30(34)39-36)23-17-19-28-32(21-23)38-31-20-18-22-9-4-5-12-25(22)33(28)31;1-2-9-25(10-3-1)37-30-13-7-6-12-27(30)36-35(37)29-20-23(16-18-31(29)39-36)24-14-17-28-33(21-24)38-32-19-15-22-8-4-5-11-26(22)34(28)32/h2*1-21H. The molecular weight excluding hydrogens is 957 g/mol. The Morgan fingerprint density at radius 1 is 0.244 bits per heavy atom. The summed E-state index contributed by atoms with van der Waals surface area (Å²) in [6, 6.07) is 89.3. The molecule has 0 bridgehead atoms. The van der Waals surface area contributed by atoms with Crippen LogP contribution in [0.1, 0.15) is 0 Å². The molecule has 0 radical (unpaired) electrons. The molecule has 18 rings (SSSR count). The van der Waals surface area contributed by atoms with Crippen molar-refractivity contribution in [3.63, 3.8) is 0 Å². The van der Waals surface area contributed by atoms with Gasteiger partial charge in [0, 0.05) is 49.1 Å². The average molecular weight is 999 g/mol. The highest BCUT2D eigenvalue weighted by atomic mass is 16.3. The second kappa shape index (κ2) is 16.5. The maximum atomic E-state index is 6.57. The van der Waals surface area contributed by atoms with E-state index in [0.717, 1.165) is 133 Å². The largest absolute Gasteiger partial charge is 0.456 e. The monoisotopic (exact) mass is 998 g/mol. The fourth-order valence-electron chi connectivity index (χ4n) is 12.5. The number of fused-ring (bicyclic) bond motifs is 20. The summed E-state index contributed by atoms with van der Waals surface area (Å²) in [6.07, 6.45) is 0. The number of aromatic nitrogens is 2. The Labute approximate surface area is 444 Å². The predicted octanol–water partition coefficient (Wildman–Crippen LogP) is 20.5. The molecule has 6 heteroatoms. The van der Waals surface area contributed by atoms with E-state index in [1.165, 1.54) is 32.3 Å². The van der Waals surface area contributed by atoms with Crippen LogP contribution in [0.2, 0.25) is 0 Å². The molecule has 0 unspecified atom stereocenters. The molecule has 78 heavy (non-hydrogen) atoms. The van der Waals surface area contributed by atoms with Crippen LogP contribution in [0, 0.1) is 0 Å². The van der Waals surface area contributed by atoms with Crippen LogP contribution in [0.3, 0.4) is 0 Å². The number of hydrogen-bond donors (Lipinski definition) is 0. The molecule has 0 N–H and O–H groups in total. The minimum atomic E-state index is 0.878. The second-order valence-electron chi connectivity index (χ2n) is 20.3. The van der Waals surface area contributed by atoms with E-state index < -0.39 is 0 Å². The number of para-hydroxylation sites is 4. The van der Waals surface area contributed by atoms with E-state index >= 15 is 0 Å². The van der Waals surface area contributed by atoms with Gasteiger partial charge >= 0.3 is 0 Å². The summed E-state index contributed by atoms with van der Waals surface area (Å²) in [6.45, 7) is 0. The summed E-state index contributed by atoms with van der Waals surface area (Å²) in [7, 11) is 0. The van der Waals surface area contributed by atoms with Crippen molar-refractivity contribution in [2.45, 2.75) is 0 Å². The number of furan rings is 4. The molecule has 18 aromatic rings. The zero-order valence-corrected chi connectivity index (χ0v) is 41.8. The fraction of sp³-hybridized carbons (Fsp3) is 0. The summed E-state index contributed by atoms with van der Waals surface area (Å²) >= 11 is 0. The van der Waals surface area contributed by atoms with Crippen LogP contribution in [0.15, 0.2) is 272 Å². The smallest absolute Gasteiger partial charge is 0.161 e. The third-order valence-corrected chi connectivity index (χ3v) is 16.0. The quantitative estimate of drug-likeness (QED) is 0.176. The lowest BCUT2D eigenvalue weighted by Gasteiger charge is -2.09. The normalized spacial score (nSPS) is 12.1. The zero-order valence-electron chi connectivity index (χ0n) is 41.8. The molecule has 12 aromatic carbocycles. The van der Waals surface area contributed by atoms with Crippen molar-refractivity contribution in [1.82, 2.24) is 9.13 Å². The Hall–Kier alpha value is -10.6. The van der Waals surface area contributed by atoms with E-state index in [1.54, 1.807) is 0 Å². The van der Waals surface area contributed by atoms with Crippen molar-refractivity contribution in [2.24, 2.45) is 0 Å². The Bertz CT molecular complexity index is 5450. The van der Waals surface area contributed by atoms with Gasteiger partial charge < -0.3 is 26.8 Å². The molecule has 0 aliphatic heterocycles.